The maximum Gasteiger partial charge on any atom is 0.471 e. The molecule has 1 aromatic heterocycles. The van der Waals surface area contributed by atoms with E-state index in [1.807, 2.05) is 5.32 Å². The Balaban J connectivity index is 2.15. The molecule has 0 radical (unpaired) electrons. The number of carbonyl (C=O) groups is 2. The van der Waals surface area contributed by atoms with Crippen molar-refractivity contribution in [2.24, 2.45) is 0 Å². The second kappa shape index (κ2) is 7.89. The molecule has 0 aliphatic rings. The van der Waals surface area contributed by atoms with Gasteiger partial charge in [0.25, 0.3) is 0 Å². The molecule has 0 saturated heterocycles. The largest absolute Gasteiger partial charge is 0.497 e. The standard InChI is InChI=1S/C16H16F3N3O4/c1-9-7-13(22-26-9)21-14(23)8-12(20-15(24)16(17,18)19)10-3-5-11(25-2)6-4-10/h3-7,12H,8H2,1-2H3,(H,20,24)(H,21,22,23)/t12-/m1/s1. The van der Waals surface area contributed by atoms with Crippen molar-refractivity contribution in [2.75, 3.05) is 12.4 Å². The fraction of sp³-hybridized carbons (Fsp3) is 0.312. The van der Waals surface area contributed by atoms with E-state index in [1.54, 1.807) is 6.92 Å². The van der Waals surface area contributed by atoms with E-state index in [0.717, 1.165) is 0 Å². The lowest BCUT2D eigenvalue weighted by molar-refractivity contribution is -0.174. The topological polar surface area (TPSA) is 93.5 Å². The van der Waals surface area contributed by atoms with Gasteiger partial charge in [0.1, 0.15) is 11.5 Å². The highest BCUT2D eigenvalue weighted by atomic mass is 19.4. The molecule has 0 unspecified atom stereocenters. The van der Waals surface area contributed by atoms with E-state index in [-0.39, 0.29) is 5.82 Å². The summed E-state index contributed by atoms with van der Waals surface area (Å²) in [5.74, 6) is -1.71. The number of nitrogens with zero attached hydrogens (tertiary/aromatic N) is 1. The van der Waals surface area contributed by atoms with E-state index < -0.39 is 30.5 Å². The maximum atomic E-state index is 12.6. The van der Waals surface area contributed by atoms with E-state index in [4.69, 9.17) is 9.26 Å². The van der Waals surface area contributed by atoms with Gasteiger partial charge in [0.05, 0.1) is 19.6 Å². The van der Waals surface area contributed by atoms with Gasteiger partial charge in [-0.15, -0.1) is 0 Å². The van der Waals surface area contributed by atoms with Crippen LogP contribution in [0.1, 0.15) is 23.8 Å². The number of aromatic nitrogens is 1. The summed E-state index contributed by atoms with van der Waals surface area (Å²) < 4.78 is 47.5. The number of amides is 2. The van der Waals surface area contributed by atoms with Crippen LogP contribution in [-0.2, 0) is 9.59 Å². The fourth-order valence-corrected chi connectivity index (χ4v) is 2.13. The van der Waals surface area contributed by atoms with Crippen LogP contribution < -0.4 is 15.4 Å². The monoisotopic (exact) mass is 371 g/mol. The van der Waals surface area contributed by atoms with Gasteiger partial charge in [0.15, 0.2) is 5.82 Å². The number of aryl methyl sites for hydroxylation is 1. The second-order valence-corrected chi connectivity index (χ2v) is 5.37. The van der Waals surface area contributed by atoms with Crippen molar-refractivity contribution in [3.8, 4) is 5.75 Å². The minimum atomic E-state index is -5.07. The molecule has 0 aliphatic carbocycles. The highest BCUT2D eigenvalue weighted by Crippen LogP contribution is 2.24. The van der Waals surface area contributed by atoms with Gasteiger partial charge in [-0.1, -0.05) is 17.3 Å². The molecule has 2 amide bonds. The first-order valence-electron chi connectivity index (χ1n) is 7.44. The summed E-state index contributed by atoms with van der Waals surface area (Å²) in [6.07, 6.45) is -5.50. The molecular formula is C16H16F3N3O4. The van der Waals surface area contributed by atoms with Gasteiger partial charge in [-0.05, 0) is 24.6 Å². The summed E-state index contributed by atoms with van der Waals surface area (Å²) in [5.41, 5.74) is 0.315. The van der Waals surface area contributed by atoms with Gasteiger partial charge in [0, 0.05) is 6.07 Å². The highest BCUT2D eigenvalue weighted by Gasteiger charge is 2.40. The molecular weight excluding hydrogens is 355 g/mol. The van der Waals surface area contributed by atoms with E-state index >= 15 is 0 Å². The number of hydrogen-bond acceptors (Lipinski definition) is 5. The smallest absolute Gasteiger partial charge is 0.471 e. The first-order chi connectivity index (χ1) is 12.2. The van der Waals surface area contributed by atoms with Crippen LogP contribution >= 0.6 is 0 Å². The average molecular weight is 371 g/mol. The first kappa shape index (κ1) is 19.3. The zero-order valence-electron chi connectivity index (χ0n) is 13.9. The van der Waals surface area contributed by atoms with Gasteiger partial charge < -0.3 is 19.9 Å². The Hall–Kier alpha value is -3.04. The summed E-state index contributed by atoms with van der Waals surface area (Å²) in [7, 11) is 1.44. The Morgan fingerprint density at radius 3 is 2.42 bits per heavy atom. The predicted molar refractivity (Wildman–Crippen MR) is 84.4 cm³/mol. The SMILES string of the molecule is COc1ccc([C@@H](CC(=O)Nc2cc(C)on2)NC(=O)C(F)(F)F)cc1. The third-order valence-corrected chi connectivity index (χ3v) is 3.37. The molecule has 0 fully saturated rings. The zero-order chi connectivity index (χ0) is 19.3. The van der Waals surface area contributed by atoms with Crippen LogP contribution in [0.5, 0.6) is 5.75 Å². The van der Waals surface area contributed by atoms with Crippen LogP contribution in [0.2, 0.25) is 0 Å². The van der Waals surface area contributed by atoms with Crippen molar-refractivity contribution in [3.63, 3.8) is 0 Å². The predicted octanol–water partition coefficient (Wildman–Crippen LogP) is 2.74. The summed E-state index contributed by atoms with van der Waals surface area (Å²) in [6, 6.07) is 6.22. The molecule has 2 N–H and O–H groups in total. The zero-order valence-corrected chi connectivity index (χ0v) is 13.9. The molecule has 7 nitrogen and oxygen atoms in total. The molecule has 2 rings (SSSR count). The highest BCUT2D eigenvalue weighted by molar-refractivity contribution is 5.91. The van der Waals surface area contributed by atoms with Crippen LogP contribution in [0.3, 0.4) is 0 Å². The number of alkyl halides is 3. The Morgan fingerprint density at radius 1 is 1.27 bits per heavy atom. The van der Waals surface area contributed by atoms with Gasteiger partial charge in [-0.2, -0.15) is 13.2 Å². The number of rotatable bonds is 6. The van der Waals surface area contributed by atoms with Crippen molar-refractivity contribution in [1.82, 2.24) is 10.5 Å². The van der Waals surface area contributed by atoms with E-state index in [0.29, 0.717) is 17.1 Å². The number of halogens is 3. The Kier molecular flexibility index (Phi) is 5.86. The quantitative estimate of drug-likeness (QED) is 0.814. The minimum Gasteiger partial charge on any atom is -0.497 e. The van der Waals surface area contributed by atoms with E-state index in [9.17, 15) is 22.8 Å². The molecule has 0 saturated carbocycles. The van der Waals surface area contributed by atoms with Crippen molar-refractivity contribution < 1.29 is 32.0 Å². The van der Waals surface area contributed by atoms with E-state index in [1.165, 1.54) is 37.4 Å². The van der Waals surface area contributed by atoms with Crippen LogP contribution in [0.25, 0.3) is 0 Å². The van der Waals surface area contributed by atoms with Crippen LogP contribution in [-0.4, -0.2) is 30.3 Å². The van der Waals surface area contributed by atoms with Crippen molar-refractivity contribution >= 4 is 17.6 Å². The Morgan fingerprint density at radius 2 is 1.92 bits per heavy atom. The third kappa shape index (κ3) is 5.23. The molecule has 140 valence electrons. The summed E-state index contributed by atoms with van der Waals surface area (Å²) in [5, 5.41) is 7.79. The molecule has 2 aromatic rings. The number of methoxy groups -OCH3 is 1. The number of anilines is 1. The van der Waals surface area contributed by atoms with Crippen molar-refractivity contribution in [3.05, 3.63) is 41.7 Å². The average Bonchev–Trinajstić information content (AvgIpc) is 2.98. The van der Waals surface area contributed by atoms with Gasteiger partial charge in [-0.25, -0.2) is 0 Å². The molecule has 26 heavy (non-hydrogen) atoms. The minimum absolute atomic E-state index is 0.128. The third-order valence-electron chi connectivity index (χ3n) is 3.37. The molecule has 1 heterocycles. The Labute approximate surface area is 146 Å². The first-order valence-corrected chi connectivity index (χ1v) is 7.44. The number of nitrogens with one attached hydrogen (secondary N) is 2. The molecule has 10 heteroatoms. The summed E-state index contributed by atoms with van der Waals surface area (Å²) in [4.78, 5) is 23.4. The molecule has 1 atom stereocenters. The summed E-state index contributed by atoms with van der Waals surface area (Å²) >= 11 is 0. The lowest BCUT2D eigenvalue weighted by atomic mass is 10.0. The normalized spacial score (nSPS) is 12.3. The van der Waals surface area contributed by atoms with Gasteiger partial charge >= 0.3 is 12.1 Å². The molecule has 0 aliphatic heterocycles. The second-order valence-electron chi connectivity index (χ2n) is 5.37. The van der Waals surface area contributed by atoms with Gasteiger partial charge in [0.2, 0.25) is 5.91 Å². The van der Waals surface area contributed by atoms with Crippen LogP contribution in [0.4, 0.5) is 19.0 Å². The number of hydrogen-bond donors (Lipinski definition) is 2. The number of benzene rings is 1. The number of carbonyl (C=O) groups excluding carboxylic acids is 2. The van der Waals surface area contributed by atoms with Gasteiger partial charge in [-0.3, -0.25) is 9.59 Å². The summed E-state index contributed by atoms with van der Waals surface area (Å²) in [6.45, 7) is 1.62. The molecule has 1 aromatic carbocycles. The maximum absolute atomic E-state index is 12.6. The lowest BCUT2D eigenvalue weighted by Gasteiger charge is -2.20. The molecule has 0 bridgehead atoms. The Bertz CT molecular complexity index is 772. The molecule has 0 spiro atoms. The lowest BCUT2D eigenvalue weighted by Crippen LogP contribution is -2.40. The van der Waals surface area contributed by atoms with Crippen LogP contribution in [0.15, 0.2) is 34.9 Å². The van der Waals surface area contributed by atoms with E-state index in [2.05, 4.69) is 10.5 Å². The number of ether oxygens (including phenoxy) is 1. The fourth-order valence-electron chi connectivity index (χ4n) is 2.13. The van der Waals surface area contributed by atoms with Crippen LogP contribution in [0, 0.1) is 6.92 Å². The van der Waals surface area contributed by atoms with Crippen molar-refractivity contribution in [1.29, 1.82) is 0 Å². The van der Waals surface area contributed by atoms with Crippen molar-refractivity contribution in [2.45, 2.75) is 25.6 Å².